The van der Waals surface area contributed by atoms with Crippen LogP contribution in [0.1, 0.15) is 34.6 Å². The Bertz CT molecular complexity index is 140. The average Bonchev–Trinajstić information content (AvgIpc) is 2.21. The summed E-state index contributed by atoms with van der Waals surface area (Å²) in [7, 11) is 0. The van der Waals surface area contributed by atoms with E-state index < -0.39 is 0 Å². The third kappa shape index (κ3) is 6.13. The molecule has 0 aliphatic carbocycles. The van der Waals surface area contributed by atoms with Gasteiger partial charge in [0.15, 0.2) is 0 Å². The van der Waals surface area contributed by atoms with Crippen LogP contribution in [0.15, 0.2) is 0 Å². The molecule has 0 aromatic heterocycles. The maximum atomic E-state index is 5.77. The Balaban J connectivity index is 4.23. The van der Waals surface area contributed by atoms with Crippen molar-refractivity contribution in [2.75, 3.05) is 26.4 Å². The monoisotopic (exact) mass is 217 g/mol. The molecule has 15 heavy (non-hydrogen) atoms. The summed E-state index contributed by atoms with van der Waals surface area (Å²) >= 11 is 0. The summed E-state index contributed by atoms with van der Waals surface area (Å²) in [5.74, 6) is 0.509. The first kappa shape index (κ1) is 14.9. The molecule has 0 heterocycles. The van der Waals surface area contributed by atoms with E-state index in [1.807, 2.05) is 13.8 Å². The van der Waals surface area contributed by atoms with Crippen molar-refractivity contribution in [3.05, 3.63) is 0 Å². The molecule has 0 aliphatic rings. The van der Waals surface area contributed by atoms with Crippen LogP contribution in [0.5, 0.6) is 0 Å². The van der Waals surface area contributed by atoms with Gasteiger partial charge in [0.1, 0.15) is 0 Å². The van der Waals surface area contributed by atoms with Crippen molar-refractivity contribution in [2.24, 2.45) is 5.92 Å². The molecule has 2 atom stereocenters. The molecule has 3 nitrogen and oxygen atoms in total. The van der Waals surface area contributed by atoms with Crippen LogP contribution in [0.3, 0.4) is 0 Å². The molecule has 0 radical (unpaired) electrons. The summed E-state index contributed by atoms with van der Waals surface area (Å²) in [6.45, 7) is 13.8. The minimum absolute atomic E-state index is 0.237. The van der Waals surface area contributed by atoms with Gasteiger partial charge in [0.05, 0.1) is 18.8 Å². The first-order valence-corrected chi connectivity index (χ1v) is 6.09. The standard InChI is InChI=1S/C12H27NO2/c1-6-13-11(9-14-7-2)12(10(4)5)15-8-3/h10-13H,6-9H2,1-5H3. The van der Waals surface area contributed by atoms with E-state index in [4.69, 9.17) is 9.47 Å². The smallest absolute Gasteiger partial charge is 0.0773 e. The molecule has 0 aromatic carbocycles. The summed E-state index contributed by atoms with van der Waals surface area (Å²) in [4.78, 5) is 0. The molecular formula is C12H27NO2. The molecule has 3 heteroatoms. The molecule has 0 amide bonds. The lowest BCUT2D eigenvalue weighted by molar-refractivity contribution is -0.0216. The van der Waals surface area contributed by atoms with Gasteiger partial charge in [-0.3, -0.25) is 0 Å². The number of hydrogen-bond donors (Lipinski definition) is 1. The second kappa shape index (κ2) is 9.13. The maximum absolute atomic E-state index is 5.77. The maximum Gasteiger partial charge on any atom is 0.0773 e. The Kier molecular flexibility index (Phi) is 9.06. The number of ether oxygens (including phenoxy) is 2. The molecule has 92 valence electrons. The first-order valence-electron chi connectivity index (χ1n) is 6.09. The Morgan fingerprint density at radius 3 is 2.13 bits per heavy atom. The van der Waals surface area contributed by atoms with E-state index in [-0.39, 0.29) is 6.10 Å². The minimum Gasteiger partial charge on any atom is -0.380 e. The van der Waals surface area contributed by atoms with Gasteiger partial charge in [0.2, 0.25) is 0 Å². The summed E-state index contributed by atoms with van der Waals surface area (Å²) < 4.78 is 11.3. The highest BCUT2D eigenvalue weighted by molar-refractivity contribution is 4.79. The Morgan fingerprint density at radius 2 is 1.73 bits per heavy atom. The van der Waals surface area contributed by atoms with Gasteiger partial charge in [-0.25, -0.2) is 0 Å². The second-order valence-corrected chi connectivity index (χ2v) is 3.99. The predicted molar refractivity (Wildman–Crippen MR) is 64.2 cm³/mol. The third-order valence-corrected chi connectivity index (χ3v) is 2.38. The third-order valence-electron chi connectivity index (χ3n) is 2.38. The van der Waals surface area contributed by atoms with Crippen LogP contribution < -0.4 is 5.32 Å². The average molecular weight is 217 g/mol. The summed E-state index contributed by atoms with van der Waals surface area (Å²) in [5, 5.41) is 3.43. The van der Waals surface area contributed by atoms with Gasteiger partial charge in [0.25, 0.3) is 0 Å². The van der Waals surface area contributed by atoms with E-state index in [0.717, 1.165) is 26.4 Å². The van der Waals surface area contributed by atoms with Crippen LogP contribution >= 0.6 is 0 Å². The van der Waals surface area contributed by atoms with Crippen molar-refractivity contribution in [3.63, 3.8) is 0 Å². The topological polar surface area (TPSA) is 30.5 Å². The lowest BCUT2D eigenvalue weighted by Gasteiger charge is -2.30. The summed E-state index contributed by atoms with van der Waals surface area (Å²) in [5.41, 5.74) is 0. The number of rotatable bonds is 9. The Hall–Kier alpha value is -0.120. The predicted octanol–water partition coefficient (Wildman–Crippen LogP) is 2.06. The van der Waals surface area contributed by atoms with Crippen LogP contribution in [0.2, 0.25) is 0 Å². The Labute approximate surface area is 94.5 Å². The van der Waals surface area contributed by atoms with Crippen molar-refractivity contribution in [2.45, 2.75) is 46.8 Å². The van der Waals surface area contributed by atoms with Gasteiger partial charge in [-0.1, -0.05) is 20.8 Å². The SMILES string of the molecule is CCNC(COCC)C(OCC)C(C)C. The largest absolute Gasteiger partial charge is 0.380 e. The molecule has 2 unspecified atom stereocenters. The highest BCUT2D eigenvalue weighted by Crippen LogP contribution is 2.12. The fourth-order valence-corrected chi connectivity index (χ4v) is 1.74. The first-order chi connectivity index (χ1) is 7.17. The van der Waals surface area contributed by atoms with Gasteiger partial charge < -0.3 is 14.8 Å². The molecule has 1 N–H and O–H groups in total. The number of hydrogen-bond acceptors (Lipinski definition) is 3. The molecule has 0 bridgehead atoms. The van der Waals surface area contributed by atoms with Crippen LogP contribution in [-0.4, -0.2) is 38.5 Å². The Morgan fingerprint density at radius 1 is 1.07 bits per heavy atom. The summed E-state index contributed by atoms with van der Waals surface area (Å²) in [6, 6.07) is 0.301. The van der Waals surface area contributed by atoms with Gasteiger partial charge in [-0.2, -0.15) is 0 Å². The van der Waals surface area contributed by atoms with E-state index in [2.05, 4.69) is 26.1 Å². The molecule has 0 spiro atoms. The van der Waals surface area contributed by atoms with Crippen molar-refractivity contribution in [1.82, 2.24) is 5.32 Å². The lowest BCUT2D eigenvalue weighted by atomic mass is 10.00. The zero-order chi connectivity index (χ0) is 11.7. The molecule has 0 saturated carbocycles. The van der Waals surface area contributed by atoms with E-state index in [1.54, 1.807) is 0 Å². The molecule has 0 saturated heterocycles. The van der Waals surface area contributed by atoms with E-state index in [0.29, 0.717) is 12.0 Å². The zero-order valence-electron chi connectivity index (χ0n) is 10.9. The number of nitrogens with one attached hydrogen (secondary N) is 1. The fourth-order valence-electron chi connectivity index (χ4n) is 1.74. The molecule has 0 fully saturated rings. The van der Waals surface area contributed by atoms with Gasteiger partial charge in [-0.05, 0) is 26.3 Å². The molecular weight excluding hydrogens is 190 g/mol. The van der Waals surface area contributed by atoms with Crippen LogP contribution in [0.4, 0.5) is 0 Å². The summed E-state index contributed by atoms with van der Waals surface area (Å²) in [6.07, 6.45) is 0.237. The highest BCUT2D eigenvalue weighted by atomic mass is 16.5. The van der Waals surface area contributed by atoms with Gasteiger partial charge in [-0.15, -0.1) is 0 Å². The van der Waals surface area contributed by atoms with E-state index in [1.165, 1.54) is 0 Å². The fraction of sp³-hybridized carbons (Fsp3) is 1.00. The quantitative estimate of drug-likeness (QED) is 0.641. The normalized spacial score (nSPS) is 15.6. The molecule has 0 aromatic rings. The van der Waals surface area contributed by atoms with Crippen LogP contribution in [-0.2, 0) is 9.47 Å². The number of likely N-dealkylation sites (N-methyl/N-ethyl adjacent to an activating group) is 1. The van der Waals surface area contributed by atoms with Crippen molar-refractivity contribution in [3.8, 4) is 0 Å². The molecule has 0 rings (SSSR count). The van der Waals surface area contributed by atoms with Crippen molar-refractivity contribution < 1.29 is 9.47 Å². The van der Waals surface area contributed by atoms with Crippen molar-refractivity contribution >= 4 is 0 Å². The van der Waals surface area contributed by atoms with Crippen molar-refractivity contribution in [1.29, 1.82) is 0 Å². The van der Waals surface area contributed by atoms with Gasteiger partial charge >= 0.3 is 0 Å². The molecule has 0 aliphatic heterocycles. The minimum atomic E-state index is 0.237. The van der Waals surface area contributed by atoms with E-state index >= 15 is 0 Å². The van der Waals surface area contributed by atoms with Crippen LogP contribution in [0.25, 0.3) is 0 Å². The van der Waals surface area contributed by atoms with Gasteiger partial charge in [0, 0.05) is 13.2 Å². The highest BCUT2D eigenvalue weighted by Gasteiger charge is 2.24. The van der Waals surface area contributed by atoms with E-state index in [9.17, 15) is 0 Å². The van der Waals surface area contributed by atoms with Crippen LogP contribution in [0, 0.1) is 5.92 Å². The lowest BCUT2D eigenvalue weighted by Crippen LogP contribution is -2.47. The zero-order valence-corrected chi connectivity index (χ0v) is 10.9. The second-order valence-electron chi connectivity index (χ2n) is 3.99.